The van der Waals surface area contributed by atoms with Crippen LogP contribution in [0.15, 0.2) is 30.9 Å². The fourth-order valence-electron chi connectivity index (χ4n) is 1.25. The maximum atomic E-state index is 11.0. The number of hydrogen-bond acceptors (Lipinski definition) is 2. The fourth-order valence-corrected chi connectivity index (χ4v) is 1.25. The van der Waals surface area contributed by atoms with Gasteiger partial charge in [0.2, 0.25) is 5.91 Å². The van der Waals surface area contributed by atoms with Crippen LogP contribution in [-0.4, -0.2) is 5.91 Å². The Labute approximate surface area is 83.6 Å². The monoisotopic (exact) mass is 190 g/mol. The summed E-state index contributed by atoms with van der Waals surface area (Å²) in [6, 6.07) is 5.73. The molecule has 3 heteroatoms. The van der Waals surface area contributed by atoms with Crippen LogP contribution in [0, 0.1) is 6.92 Å². The zero-order valence-corrected chi connectivity index (χ0v) is 8.21. The molecule has 0 fully saturated rings. The Bertz CT molecular complexity index is 358. The van der Waals surface area contributed by atoms with Gasteiger partial charge in [-0.15, -0.1) is 0 Å². The second kappa shape index (κ2) is 4.58. The number of anilines is 1. The quantitative estimate of drug-likeness (QED) is 0.711. The Kier molecular flexibility index (Phi) is 3.42. The average Bonchev–Trinajstić information content (AvgIpc) is 2.16. The second-order valence-electron chi connectivity index (χ2n) is 3.10. The molecule has 0 aromatic heterocycles. The molecule has 0 spiro atoms. The number of nitrogens with two attached hydrogens (primary N) is 1. The van der Waals surface area contributed by atoms with Crippen LogP contribution in [0.5, 0.6) is 0 Å². The highest BCUT2D eigenvalue weighted by Crippen LogP contribution is 2.13. The molecule has 0 saturated carbocycles. The van der Waals surface area contributed by atoms with Crippen molar-refractivity contribution in [2.75, 3.05) is 5.32 Å². The van der Waals surface area contributed by atoms with Gasteiger partial charge in [0.25, 0.3) is 0 Å². The van der Waals surface area contributed by atoms with Gasteiger partial charge in [0.15, 0.2) is 0 Å². The molecule has 74 valence electrons. The zero-order valence-electron chi connectivity index (χ0n) is 8.21. The molecule has 0 aliphatic rings. The molecule has 0 heterocycles. The molecule has 0 aliphatic heterocycles. The molecule has 0 saturated heterocycles. The summed E-state index contributed by atoms with van der Waals surface area (Å²) in [5, 5.41) is 2.69. The summed E-state index contributed by atoms with van der Waals surface area (Å²) in [4.78, 5) is 11.0. The van der Waals surface area contributed by atoms with E-state index in [1.807, 2.05) is 25.1 Å². The van der Waals surface area contributed by atoms with Gasteiger partial charge in [0, 0.05) is 12.2 Å². The third-order valence-electron chi connectivity index (χ3n) is 1.83. The Balaban J connectivity index is 2.91. The molecule has 1 aromatic rings. The Morgan fingerprint density at radius 2 is 2.29 bits per heavy atom. The lowest BCUT2D eigenvalue weighted by atomic mass is 10.1. The van der Waals surface area contributed by atoms with Gasteiger partial charge < -0.3 is 11.1 Å². The highest BCUT2D eigenvalue weighted by atomic mass is 16.1. The van der Waals surface area contributed by atoms with Crippen molar-refractivity contribution in [3.05, 3.63) is 42.0 Å². The lowest BCUT2D eigenvalue weighted by Crippen LogP contribution is -2.08. The van der Waals surface area contributed by atoms with Crippen LogP contribution in [0.3, 0.4) is 0 Å². The van der Waals surface area contributed by atoms with E-state index in [2.05, 4.69) is 11.9 Å². The standard InChI is InChI=1S/C11H14N2O/c1-3-11(14)13-10-5-8(2)4-9(6-10)7-12/h3-6H,1,7,12H2,2H3,(H,13,14). The number of aryl methyl sites for hydroxylation is 1. The Hall–Kier alpha value is -1.61. The van der Waals surface area contributed by atoms with E-state index in [1.165, 1.54) is 6.08 Å². The molecule has 1 amide bonds. The maximum Gasteiger partial charge on any atom is 0.247 e. The SMILES string of the molecule is C=CC(=O)Nc1cc(C)cc(CN)c1. The van der Waals surface area contributed by atoms with Gasteiger partial charge in [0.05, 0.1) is 0 Å². The van der Waals surface area contributed by atoms with Crippen LogP contribution in [0.2, 0.25) is 0 Å². The number of nitrogens with one attached hydrogen (secondary N) is 1. The molecular weight excluding hydrogens is 176 g/mol. The van der Waals surface area contributed by atoms with Crippen LogP contribution >= 0.6 is 0 Å². The summed E-state index contributed by atoms with van der Waals surface area (Å²) in [5.74, 6) is -0.210. The second-order valence-corrected chi connectivity index (χ2v) is 3.10. The third kappa shape index (κ3) is 2.71. The average molecular weight is 190 g/mol. The number of rotatable bonds is 3. The smallest absolute Gasteiger partial charge is 0.247 e. The lowest BCUT2D eigenvalue weighted by Gasteiger charge is -2.06. The van der Waals surface area contributed by atoms with Crippen LogP contribution in [0.4, 0.5) is 5.69 Å². The molecule has 14 heavy (non-hydrogen) atoms. The van der Waals surface area contributed by atoms with Crippen LogP contribution < -0.4 is 11.1 Å². The Morgan fingerprint density at radius 3 is 2.86 bits per heavy atom. The van der Waals surface area contributed by atoms with E-state index in [0.717, 1.165) is 16.8 Å². The molecule has 0 aliphatic carbocycles. The van der Waals surface area contributed by atoms with Crippen LogP contribution in [0.1, 0.15) is 11.1 Å². The minimum absolute atomic E-state index is 0.210. The first kappa shape index (κ1) is 10.5. The summed E-state index contributed by atoms with van der Waals surface area (Å²) >= 11 is 0. The summed E-state index contributed by atoms with van der Waals surface area (Å²) in [7, 11) is 0. The molecule has 0 atom stereocenters. The number of benzene rings is 1. The minimum Gasteiger partial charge on any atom is -0.326 e. The first-order valence-electron chi connectivity index (χ1n) is 4.39. The predicted octanol–water partition coefficient (Wildman–Crippen LogP) is 1.58. The van der Waals surface area contributed by atoms with Gasteiger partial charge in [0.1, 0.15) is 0 Å². The maximum absolute atomic E-state index is 11.0. The van der Waals surface area contributed by atoms with Crippen molar-refractivity contribution in [2.45, 2.75) is 13.5 Å². The van der Waals surface area contributed by atoms with E-state index in [9.17, 15) is 4.79 Å². The zero-order chi connectivity index (χ0) is 10.6. The van der Waals surface area contributed by atoms with Crippen molar-refractivity contribution in [3.63, 3.8) is 0 Å². The molecule has 1 aromatic carbocycles. The van der Waals surface area contributed by atoms with Gasteiger partial charge >= 0.3 is 0 Å². The van der Waals surface area contributed by atoms with Gasteiger partial charge in [-0.25, -0.2) is 0 Å². The minimum atomic E-state index is -0.210. The van der Waals surface area contributed by atoms with Gasteiger partial charge in [-0.2, -0.15) is 0 Å². The van der Waals surface area contributed by atoms with E-state index in [4.69, 9.17) is 5.73 Å². The summed E-state index contributed by atoms with van der Waals surface area (Å²) in [5.41, 5.74) is 8.36. The highest BCUT2D eigenvalue weighted by Gasteiger charge is 1.99. The predicted molar refractivity (Wildman–Crippen MR) is 57.9 cm³/mol. The summed E-state index contributed by atoms with van der Waals surface area (Å²) < 4.78 is 0. The van der Waals surface area contributed by atoms with Gasteiger partial charge in [-0.1, -0.05) is 12.6 Å². The van der Waals surface area contributed by atoms with Crippen molar-refractivity contribution in [1.29, 1.82) is 0 Å². The van der Waals surface area contributed by atoms with Crippen LogP contribution in [-0.2, 0) is 11.3 Å². The van der Waals surface area contributed by atoms with Crippen molar-refractivity contribution in [2.24, 2.45) is 5.73 Å². The summed E-state index contributed by atoms with van der Waals surface area (Å²) in [6.07, 6.45) is 1.24. The largest absolute Gasteiger partial charge is 0.326 e. The Morgan fingerprint density at radius 1 is 1.57 bits per heavy atom. The van der Waals surface area contributed by atoms with E-state index in [1.54, 1.807) is 0 Å². The van der Waals surface area contributed by atoms with E-state index in [-0.39, 0.29) is 5.91 Å². The van der Waals surface area contributed by atoms with Gasteiger partial charge in [-0.05, 0) is 36.3 Å². The molecular formula is C11H14N2O. The van der Waals surface area contributed by atoms with E-state index >= 15 is 0 Å². The van der Waals surface area contributed by atoms with Crippen molar-refractivity contribution in [1.82, 2.24) is 0 Å². The molecule has 3 N–H and O–H groups in total. The number of amides is 1. The molecule has 0 unspecified atom stereocenters. The topological polar surface area (TPSA) is 55.1 Å². The molecule has 1 rings (SSSR count). The lowest BCUT2D eigenvalue weighted by molar-refractivity contribution is -0.111. The summed E-state index contributed by atoms with van der Waals surface area (Å²) in [6.45, 7) is 5.82. The number of carbonyl (C=O) groups excluding carboxylic acids is 1. The first-order valence-corrected chi connectivity index (χ1v) is 4.39. The van der Waals surface area contributed by atoms with E-state index in [0.29, 0.717) is 6.54 Å². The molecule has 3 nitrogen and oxygen atoms in total. The fraction of sp³-hybridized carbons (Fsp3) is 0.182. The number of hydrogen-bond donors (Lipinski definition) is 2. The van der Waals surface area contributed by atoms with Gasteiger partial charge in [-0.3, -0.25) is 4.79 Å². The first-order chi connectivity index (χ1) is 6.65. The molecule has 0 bridgehead atoms. The van der Waals surface area contributed by atoms with Crippen molar-refractivity contribution >= 4 is 11.6 Å². The normalized spacial score (nSPS) is 9.57. The third-order valence-corrected chi connectivity index (χ3v) is 1.83. The molecule has 0 radical (unpaired) electrons. The highest BCUT2D eigenvalue weighted by molar-refractivity contribution is 5.98. The van der Waals surface area contributed by atoms with Crippen molar-refractivity contribution in [3.8, 4) is 0 Å². The number of carbonyl (C=O) groups is 1. The van der Waals surface area contributed by atoms with Crippen molar-refractivity contribution < 1.29 is 4.79 Å². The van der Waals surface area contributed by atoms with E-state index < -0.39 is 0 Å². The van der Waals surface area contributed by atoms with Crippen LogP contribution in [0.25, 0.3) is 0 Å².